The van der Waals surface area contributed by atoms with E-state index in [1.165, 1.54) is 7.11 Å². The summed E-state index contributed by atoms with van der Waals surface area (Å²) in [5.41, 5.74) is -0.430. The van der Waals surface area contributed by atoms with Crippen molar-refractivity contribution in [2.45, 2.75) is 64.6 Å². The zero-order valence-corrected chi connectivity index (χ0v) is 20.1. The van der Waals surface area contributed by atoms with Gasteiger partial charge in [0.25, 0.3) is 0 Å². The van der Waals surface area contributed by atoms with Crippen molar-refractivity contribution in [1.82, 2.24) is 20.9 Å². The molecule has 1 aromatic heterocycles. The smallest absolute Gasteiger partial charge is 0.408 e. The highest BCUT2D eigenvalue weighted by Gasteiger charge is 2.48. The zero-order chi connectivity index (χ0) is 24.9. The quantitative estimate of drug-likeness (QED) is 0.287. The van der Waals surface area contributed by atoms with Gasteiger partial charge >= 0.3 is 6.09 Å². The fourth-order valence-corrected chi connectivity index (χ4v) is 4.04. The lowest BCUT2D eigenvalue weighted by atomic mass is 9.88. The zero-order valence-electron chi connectivity index (χ0n) is 20.1. The minimum absolute atomic E-state index is 0.0441. The number of hydrogen-bond acceptors (Lipinski definition) is 7. The summed E-state index contributed by atoms with van der Waals surface area (Å²) in [4.78, 5) is 29.8. The molecular weight excluding hydrogens is 441 g/mol. The highest BCUT2D eigenvalue weighted by Crippen LogP contribution is 2.50. The number of carbonyl (C=O) groups excluding carboxylic acids is 2. The summed E-state index contributed by atoms with van der Waals surface area (Å²) in [7, 11) is 1.47. The molecule has 2 saturated carbocycles. The summed E-state index contributed by atoms with van der Waals surface area (Å²) >= 11 is 0. The number of methoxy groups -OCH3 is 1. The molecule has 186 valence electrons. The molecule has 4 N–H and O–H groups in total. The van der Waals surface area contributed by atoms with Crippen molar-refractivity contribution in [3.8, 4) is 5.88 Å². The second-order valence-electron chi connectivity index (χ2n) is 9.76. The van der Waals surface area contributed by atoms with E-state index in [1.807, 2.05) is 0 Å². The number of rotatable bonds is 11. The minimum atomic E-state index is -0.879. The van der Waals surface area contributed by atoms with Crippen molar-refractivity contribution in [3.05, 3.63) is 35.5 Å². The van der Waals surface area contributed by atoms with Crippen LogP contribution in [0.3, 0.4) is 0 Å². The first-order valence-electron chi connectivity index (χ1n) is 11.5. The topological polar surface area (TPSA) is 125 Å². The third kappa shape index (κ3) is 7.16. The highest BCUT2D eigenvalue weighted by molar-refractivity contribution is 5.92. The van der Waals surface area contributed by atoms with E-state index >= 15 is 0 Å². The molecule has 0 aliphatic heterocycles. The van der Waals surface area contributed by atoms with Crippen molar-refractivity contribution in [3.63, 3.8) is 0 Å². The number of alkyl carbamates (subject to hydrolysis) is 1. The molecule has 0 saturated heterocycles. The van der Waals surface area contributed by atoms with Crippen LogP contribution in [0.25, 0.3) is 0 Å². The fraction of sp³-hybridized carbons (Fsp3) is 0.583. The maximum atomic E-state index is 14.9. The second kappa shape index (κ2) is 10.8. The molecular formula is C24H34FN5O4. The van der Waals surface area contributed by atoms with E-state index in [9.17, 15) is 14.0 Å². The van der Waals surface area contributed by atoms with Gasteiger partial charge in [-0.05, 0) is 70.3 Å². The van der Waals surface area contributed by atoms with Gasteiger partial charge in [-0.2, -0.15) is 4.39 Å². The number of nitrogens with zero attached hydrogens (tertiary/aromatic N) is 1. The van der Waals surface area contributed by atoms with E-state index in [-0.39, 0.29) is 18.2 Å². The van der Waals surface area contributed by atoms with Crippen LogP contribution in [0.5, 0.6) is 5.88 Å². The van der Waals surface area contributed by atoms with Crippen LogP contribution in [-0.2, 0) is 16.1 Å². The summed E-state index contributed by atoms with van der Waals surface area (Å²) in [6.45, 7) is 5.28. The Balaban J connectivity index is 1.73. The van der Waals surface area contributed by atoms with E-state index < -0.39 is 29.6 Å². The number of allylic oxidation sites excluding steroid dienone is 1. The molecule has 0 radical (unpaired) electrons. The minimum Gasteiger partial charge on any atom is -0.481 e. The first-order valence-corrected chi connectivity index (χ1v) is 11.5. The Morgan fingerprint density at radius 1 is 1.26 bits per heavy atom. The Kier molecular flexibility index (Phi) is 8.11. The number of aromatic nitrogens is 1. The largest absolute Gasteiger partial charge is 0.481 e. The number of ether oxygens (including phenoxy) is 2. The Morgan fingerprint density at radius 3 is 2.44 bits per heavy atom. The van der Waals surface area contributed by atoms with Gasteiger partial charge in [0.05, 0.1) is 7.11 Å². The Hall–Kier alpha value is -3.17. The van der Waals surface area contributed by atoms with Crippen LogP contribution in [-0.4, -0.2) is 42.0 Å². The van der Waals surface area contributed by atoms with E-state index in [0.717, 1.165) is 31.9 Å². The average molecular weight is 476 g/mol. The molecule has 1 atom stereocenters. The predicted molar refractivity (Wildman–Crippen MR) is 125 cm³/mol. The molecule has 34 heavy (non-hydrogen) atoms. The number of carbonyl (C=O) groups is 2. The van der Waals surface area contributed by atoms with Gasteiger partial charge in [0.1, 0.15) is 17.3 Å². The number of halogens is 1. The van der Waals surface area contributed by atoms with Gasteiger partial charge < -0.3 is 30.8 Å². The normalized spacial score (nSPS) is 17.4. The molecule has 0 spiro atoms. The Morgan fingerprint density at radius 2 is 1.91 bits per heavy atom. The van der Waals surface area contributed by atoms with Gasteiger partial charge in [-0.15, -0.1) is 0 Å². The molecule has 2 aliphatic carbocycles. The molecule has 3 rings (SSSR count). The first-order chi connectivity index (χ1) is 16.1. The van der Waals surface area contributed by atoms with Crippen LogP contribution < -0.4 is 20.7 Å². The maximum absolute atomic E-state index is 14.9. The van der Waals surface area contributed by atoms with Gasteiger partial charge in [0.15, 0.2) is 0 Å². The first kappa shape index (κ1) is 25.5. The molecule has 9 nitrogen and oxygen atoms in total. The summed E-state index contributed by atoms with van der Waals surface area (Å²) < 4.78 is 25.4. The lowest BCUT2D eigenvalue weighted by Crippen LogP contribution is -2.53. The maximum Gasteiger partial charge on any atom is 0.408 e. The van der Waals surface area contributed by atoms with Crippen LogP contribution >= 0.6 is 0 Å². The standard InChI is InChI=1S/C24H34FN5O4/c1-24(2,3)34-23(32)30-19(18(14-7-8-14)15-9-10-15)21(31)29-17(12-26)20(25)28-13-16-6-5-11-27-22(16)33-4/h5-6,11-12,14-15,18-19,26,28H,7-10,13H2,1-4H3,(H,29,31)(H,30,32)/b20-17+,26-12?. The molecule has 2 aliphatic rings. The number of hydrogen-bond donors (Lipinski definition) is 4. The van der Waals surface area contributed by atoms with E-state index in [4.69, 9.17) is 14.9 Å². The van der Waals surface area contributed by atoms with Gasteiger partial charge in [-0.3, -0.25) is 4.79 Å². The van der Waals surface area contributed by atoms with Crippen LogP contribution in [0, 0.1) is 23.2 Å². The van der Waals surface area contributed by atoms with Crippen molar-refractivity contribution in [2.24, 2.45) is 17.8 Å². The summed E-state index contributed by atoms with van der Waals surface area (Å²) in [5, 5.41) is 15.4. The highest BCUT2D eigenvalue weighted by atomic mass is 19.1. The van der Waals surface area contributed by atoms with Crippen molar-refractivity contribution < 1.29 is 23.5 Å². The van der Waals surface area contributed by atoms with Crippen LogP contribution in [0.4, 0.5) is 9.18 Å². The molecule has 2 amide bonds. The summed E-state index contributed by atoms with van der Waals surface area (Å²) in [6, 6.07) is 2.55. The molecule has 1 unspecified atom stereocenters. The van der Waals surface area contributed by atoms with E-state index in [0.29, 0.717) is 23.3 Å². The molecule has 2 fully saturated rings. The monoisotopic (exact) mass is 475 g/mol. The fourth-order valence-electron chi connectivity index (χ4n) is 4.04. The average Bonchev–Trinajstić information content (AvgIpc) is 3.69. The van der Waals surface area contributed by atoms with Crippen molar-refractivity contribution in [1.29, 1.82) is 5.41 Å². The predicted octanol–water partition coefficient (Wildman–Crippen LogP) is 3.41. The van der Waals surface area contributed by atoms with Crippen molar-refractivity contribution in [2.75, 3.05) is 7.11 Å². The molecule has 10 heteroatoms. The van der Waals surface area contributed by atoms with Gasteiger partial charge in [0, 0.05) is 24.5 Å². The lowest BCUT2D eigenvalue weighted by molar-refractivity contribution is -0.124. The molecule has 0 bridgehead atoms. The summed E-state index contributed by atoms with van der Waals surface area (Å²) in [5.74, 6) is -0.460. The Labute approximate surface area is 199 Å². The van der Waals surface area contributed by atoms with Gasteiger partial charge in [-0.25, -0.2) is 9.78 Å². The van der Waals surface area contributed by atoms with Crippen LogP contribution in [0.1, 0.15) is 52.0 Å². The Bertz CT molecular complexity index is 926. The van der Waals surface area contributed by atoms with E-state index in [1.54, 1.807) is 39.1 Å². The number of nitrogens with one attached hydrogen (secondary N) is 4. The van der Waals surface area contributed by atoms with Crippen LogP contribution in [0.15, 0.2) is 30.0 Å². The van der Waals surface area contributed by atoms with Gasteiger partial charge in [0.2, 0.25) is 17.7 Å². The van der Waals surface area contributed by atoms with Gasteiger partial charge in [-0.1, -0.05) is 6.07 Å². The van der Waals surface area contributed by atoms with Crippen LogP contribution in [0.2, 0.25) is 0 Å². The van der Waals surface area contributed by atoms with E-state index in [2.05, 4.69) is 20.9 Å². The number of amides is 2. The molecule has 1 aromatic rings. The third-order valence-electron chi connectivity index (χ3n) is 5.79. The number of pyridine rings is 1. The second-order valence-corrected chi connectivity index (χ2v) is 9.76. The lowest BCUT2D eigenvalue weighted by Gasteiger charge is -2.29. The SMILES string of the molecule is COc1ncccc1CN/C(F)=C(\C=N)NC(=O)C(NC(=O)OC(C)(C)C)C(C1CC1)C1CC1. The third-order valence-corrected chi connectivity index (χ3v) is 5.79. The summed E-state index contributed by atoms with van der Waals surface area (Å²) in [6.07, 6.45) is 5.59. The molecule has 1 heterocycles. The van der Waals surface area contributed by atoms with Crippen molar-refractivity contribution >= 4 is 18.2 Å². The molecule has 0 aromatic carbocycles.